The minimum atomic E-state index is -0.304. The average Bonchev–Trinajstić information content (AvgIpc) is 3.11. The summed E-state index contributed by atoms with van der Waals surface area (Å²) in [6, 6.07) is 12.7. The van der Waals surface area contributed by atoms with E-state index in [9.17, 15) is 4.39 Å². The maximum atomic E-state index is 13.7. The molecule has 1 fully saturated rings. The molecule has 0 spiro atoms. The van der Waals surface area contributed by atoms with Crippen molar-refractivity contribution in [2.24, 2.45) is 0 Å². The van der Waals surface area contributed by atoms with E-state index in [0.717, 1.165) is 15.3 Å². The van der Waals surface area contributed by atoms with Crippen molar-refractivity contribution in [3.05, 3.63) is 54.5 Å². The number of pyridine rings is 1. The van der Waals surface area contributed by atoms with Crippen LogP contribution in [0.25, 0.3) is 21.1 Å². The molecule has 0 amide bonds. The summed E-state index contributed by atoms with van der Waals surface area (Å²) in [5, 5.41) is 5.21. The van der Waals surface area contributed by atoms with Crippen molar-refractivity contribution < 1.29 is 9.13 Å². The number of fused-ring (bicyclic) bond motifs is 2. The molecule has 1 aliphatic rings. The van der Waals surface area contributed by atoms with Gasteiger partial charge in [0, 0.05) is 23.7 Å². The standard InChI is InChI=1S/C22H20FN3OS/c23-14-6-8-18-17(12-14)20(10-11-24-18)27-16-7-9-19-21(13-16)28-22(26-19)25-15-4-2-1-3-5-15/h6-13,15H,1-5H2,(H,25,26). The van der Waals surface area contributed by atoms with Crippen molar-refractivity contribution >= 4 is 37.6 Å². The summed E-state index contributed by atoms with van der Waals surface area (Å²) in [5.41, 5.74) is 1.66. The van der Waals surface area contributed by atoms with E-state index in [2.05, 4.69) is 10.3 Å². The van der Waals surface area contributed by atoms with Crippen LogP contribution < -0.4 is 10.1 Å². The van der Waals surface area contributed by atoms with Crippen molar-refractivity contribution in [3.8, 4) is 11.5 Å². The highest BCUT2D eigenvalue weighted by Gasteiger charge is 2.15. The summed E-state index contributed by atoms with van der Waals surface area (Å²) < 4.78 is 20.8. The maximum Gasteiger partial charge on any atom is 0.184 e. The van der Waals surface area contributed by atoms with Crippen molar-refractivity contribution in [2.45, 2.75) is 38.1 Å². The van der Waals surface area contributed by atoms with Gasteiger partial charge < -0.3 is 10.1 Å². The number of rotatable bonds is 4. The van der Waals surface area contributed by atoms with E-state index in [4.69, 9.17) is 9.72 Å². The molecule has 0 atom stereocenters. The second-order valence-electron chi connectivity index (χ2n) is 7.20. The highest BCUT2D eigenvalue weighted by atomic mass is 32.1. The Kier molecular flexibility index (Phi) is 4.56. The minimum Gasteiger partial charge on any atom is -0.457 e. The molecule has 142 valence electrons. The van der Waals surface area contributed by atoms with Gasteiger partial charge in [-0.2, -0.15) is 0 Å². The fourth-order valence-corrected chi connectivity index (χ4v) is 4.73. The van der Waals surface area contributed by atoms with Crippen LogP contribution in [0.15, 0.2) is 48.7 Å². The van der Waals surface area contributed by atoms with E-state index in [-0.39, 0.29) is 5.82 Å². The average molecular weight is 393 g/mol. The van der Waals surface area contributed by atoms with Crippen LogP contribution in [0.2, 0.25) is 0 Å². The van der Waals surface area contributed by atoms with Crippen molar-refractivity contribution in [2.75, 3.05) is 5.32 Å². The van der Waals surface area contributed by atoms with Crippen LogP contribution in [0.4, 0.5) is 9.52 Å². The van der Waals surface area contributed by atoms with Gasteiger partial charge in [-0.15, -0.1) is 0 Å². The fraction of sp³-hybridized carbons (Fsp3) is 0.273. The largest absolute Gasteiger partial charge is 0.457 e. The van der Waals surface area contributed by atoms with Crippen LogP contribution in [0, 0.1) is 5.82 Å². The van der Waals surface area contributed by atoms with E-state index in [1.165, 1.54) is 44.2 Å². The quantitative estimate of drug-likeness (QED) is 0.429. The van der Waals surface area contributed by atoms with Gasteiger partial charge in [-0.25, -0.2) is 9.37 Å². The molecule has 2 aromatic heterocycles. The molecule has 2 heterocycles. The molecule has 0 saturated heterocycles. The lowest BCUT2D eigenvalue weighted by molar-refractivity contribution is 0.462. The molecule has 28 heavy (non-hydrogen) atoms. The van der Waals surface area contributed by atoms with E-state index in [1.807, 2.05) is 18.2 Å². The summed E-state index contributed by atoms with van der Waals surface area (Å²) in [6.45, 7) is 0. The molecule has 4 nitrogen and oxygen atoms in total. The van der Waals surface area contributed by atoms with Gasteiger partial charge in [-0.3, -0.25) is 4.98 Å². The van der Waals surface area contributed by atoms with Gasteiger partial charge in [0.2, 0.25) is 0 Å². The molecule has 0 bridgehead atoms. The summed E-state index contributed by atoms with van der Waals surface area (Å²) in [4.78, 5) is 8.98. The van der Waals surface area contributed by atoms with E-state index in [0.29, 0.717) is 28.4 Å². The van der Waals surface area contributed by atoms with Gasteiger partial charge in [0.05, 0.1) is 15.7 Å². The molecule has 0 radical (unpaired) electrons. The van der Waals surface area contributed by atoms with Crippen LogP contribution >= 0.6 is 11.3 Å². The Morgan fingerprint density at radius 3 is 2.75 bits per heavy atom. The lowest BCUT2D eigenvalue weighted by atomic mass is 9.96. The SMILES string of the molecule is Fc1ccc2nccc(Oc3ccc4nc(NC5CCCCC5)sc4c3)c2c1. The van der Waals surface area contributed by atoms with Gasteiger partial charge in [0.25, 0.3) is 0 Å². The van der Waals surface area contributed by atoms with Gasteiger partial charge in [-0.05, 0) is 49.2 Å². The first-order valence-electron chi connectivity index (χ1n) is 9.64. The van der Waals surface area contributed by atoms with Crippen LogP contribution in [0.1, 0.15) is 32.1 Å². The Labute approximate surface area is 166 Å². The number of nitrogens with one attached hydrogen (secondary N) is 1. The number of hydrogen-bond acceptors (Lipinski definition) is 5. The first-order valence-corrected chi connectivity index (χ1v) is 10.5. The Balaban J connectivity index is 1.41. The van der Waals surface area contributed by atoms with Gasteiger partial charge in [0.1, 0.15) is 17.3 Å². The molecule has 5 rings (SSSR count). The fourth-order valence-electron chi connectivity index (χ4n) is 3.76. The number of halogens is 1. The summed E-state index contributed by atoms with van der Waals surface area (Å²) in [6.07, 6.45) is 8.04. The molecule has 0 unspecified atom stereocenters. The molecular weight excluding hydrogens is 373 g/mol. The lowest BCUT2D eigenvalue weighted by Crippen LogP contribution is -2.21. The second-order valence-corrected chi connectivity index (χ2v) is 8.23. The summed E-state index contributed by atoms with van der Waals surface area (Å²) >= 11 is 1.65. The molecule has 4 aromatic rings. The Morgan fingerprint density at radius 1 is 1.00 bits per heavy atom. The summed E-state index contributed by atoms with van der Waals surface area (Å²) in [5.74, 6) is 0.993. The predicted molar refractivity (Wildman–Crippen MR) is 112 cm³/mol. The zero-order valence-corrected chi connectivity index (χ0v) is 16.1. The van der Waals surface area contributed by atoms with Gasteiger partial charge >= 0.3 is 0 Å². The van der Waals surface area contributed by atoms with Gasteiger partial charge in [-0.1, -0.05) is 30.6 Å². The topological polar surface area (TPSA) is 47.0 Å². The van der Waals surface area contributed by atoms with Crippen LogP contribution in [0.3, 0.4) is 0 Å². The highest BCUT2D eigenvalue weighted by molar-refractivity contribution is 7.22. The zero-order chi connectivity index (χ0) is 18.9. The minimum absolute atomic E-state index is 0.304. The number of thiazole rings is 1. The zero-order valence-electron chi connectivity index (χ0n) is 15.3. The first-order chi connectivity index (χ1) is 13.7. The molecule has 1 saturated carbocycles. The second kappa shape index (κ2) is 7.36. The van der Waals surface area contributed by atoms with E-state index in [1.54, 1.807) is 29.7 Å². The third kappa shape index (κ3) is 3.52. The Morgan fingerprint density at radius 2 is 1.86 bits per heavy atom. The first kappa shape index (κ1) is 17.4. The smallest absolute Gasteiger partial charge is 0.184 e. The highest BCUT2D eigenvalue weighted by Crippen LogP contribution is 2.34. The van der Waals surface area contributed by atoms with Crippen LogP contribution in [-0.2, 0) is 0 Å². The maximum absolute atomic E-state index is 13.7. The van der Waals surface area contributed by atoms with Crippen molar-refractivity contribution in [1.82, 2.24) is 9.97 Å². The molecule has 2 aromatic carbocycles. The number of nitrogens with zero attached hydrogens (tertiary/aromatic N) is 2. The monoisotopic (exact) mass is 393 g/mol. The van der Waals surface area contributed by atoms with Crippen molar-refractivity contribution in [1.29, 1.82) is 0 Å². The molecule has 1 N–H and O–H groups in total. The van der Waals surface area contributed by atoms with Crippen LogP contribution in [0.5, 0.6) is 11.5 Å². The number of ether oxygens (including phenoxy) is 1. The van der Waals surface area contributed by atoms with Crippen LogP contribution in [-0.4, -0.2) is 16.0 Å². The van der Waals surface area contributed by atoms with Gasteiger partial charge in [0.15, 0.2) is 5.13 Å². The third-order valence-electron chi connectivity index (χ3n) is 5.18. The summed E-state index contributed by atoms with van der Waals surface area (Å²) in [7, 11) is 0. The lowest BCUT2D eigenvalue weighted by Gasteiger charge is -2.22. The molecule has 1 aliphatic carbocycles. The third-order valence-corrected chi connectivity index (χ3v) is 6.13. The molecule has 0 aliphatic heterocycles. The van der Waals surface area contributed by atoms with E-state index >= 15 is 0 Å². The van der Waals surface area contributed by atoms with E-state index < -0.39 is 0 Å². The normalized spacial score (nSPS) is 15.2. The van der Waals surface area contributed by atoms with Crippen molar-refractivity contribution in [3.63, 3.8) is 0 Å². The molecular formula is C22H20FN3OS. The predicted octanol–water partition coefficient (Wildman–Crippen LogP) is 6.52. The molecule has 6 heteroatoms. The number of anilines is 1. The Hall–Kier alpha value is -2.73. The number of aromatic nitrogens is 2. The Bertz CT molecular complexity index is 1140. The number of benzene rings is 2. The number of hydrogen-bond donors (Lipinski definition) is 1.